The van der Waals surface area contributed by atoms with Crippen molar-refractivity contribution in [2.45, 2.75) is 26.9 Å². The summed E-state index contributed by atoms with van der Waals surface area (Å²) in [4.78, 5) is 30.0. The molecule has 0 saturated carbocycles. The van der Waals surface area contributed by atoms with E-state index in [2.05, 4.69) is 4.98 Å². The van der Waals surface area contributed by atoms with Crippen LogP contribution in [-0.2, 0) is 4.74 Å². The number of hydrogen-bond donors (Lipinski definition) is 0. The molecule has 28 heavy (non-hydrogen) atoms. The quantitative estimate of drug-likeness (QED) is 0.418. The van der Waals surface area contributed by atoms with Gasteiger partial charge in [-0.15, -0.1) is 11.3 Å². The predicted molar refractivity (Wildman–Crippen MR) is 109 cm³/mol. The average molecular weight is 395 g/mol. The molecule has 3 aromatic rings. The molecule has 0 aliphatic carbocycles. The third kappa shape index (κ3) is 4.46. The summed E-state index contributed by atoms with van der Waals surface area (Å²) < 4.78 is 10.8. The second-order valence-corrected chi connectivity index (χ2v) is 7.17. The molecule has 6 heteroatoms. The zero-order chi connectivity index (χ0) is 20.1. The Morgan fingerprint density at radius 3 is 2.39 bits per heavy atom. The Morgan fingerprint density at radius 1 is 1.07 bits per heavy atom. The van der Waals surface area contributed by atoms with Crippen LogP contribution in [0.4, 0.5) is 0 Å². The van der Waals surface area contributed by atoms with Crippen LogP contribution in [0.25, 0.3) is 10.6 Å². The van der Waals surface area contributed by atoms with Crippen LogP contribution in [0.3, 0.4) is 0 Å². The van der Waals surface area contributed by atoms with E-state index in [4.69, 9.17) is 9.47 Å². The van der Waals surface area contributed by atoms with Gasteiger partial charge in [-0.3, -0.25) is 4.79 Å². The lowest BCUT2D eigenvalue weighted by molar-refractivity contribution is 0.0322. The van der Waals surface area contributed by atoms with Crippen molar-refractivity contribution in [1.29, 1.82) is 0 Å². The zero-order valence-corrected chi connectivity index (χ0v) is 16.8. The lowest BCUT2D eigenvalue weighted by Crippen LogP contribution is -2.24. The molecule has 0 spiro atoms. The normalized spacial score (nSPS) is 11.7. The van der Waals surface area contributed by atoms with Gasteiger partial charge in [-0.05, 0) is 45.0 Å². The summed E-state index contributed by atoms with van der Waals surface area (Å²) >= 11 is 1.26. The molecule has 1 atom stereocenters. The molecule has 144 valence electrons. The van der Waals surface area contributed by atoms with Gasteiger partial charge in [0.2, 0.25) is 5.78 Å². The van der Waals surface area contributed by atoms with Crippen molar-refractivity contribution >= 4 is 23.1 Å². The maximum atomic E-state index is 12.6. The molecular formula is C22H21NO4S. The first-order chi connectivity index (χ1) is 13.5. The van der Waals surface area contributed by atoms with Crippen molar-refractivity contribution in [2.24, 2.45) is 0 Å². The lowest BCUT2D eigenvalue weighted by Gasteiger charge is -2.12. The third-order valence-electron chi connectivity index (χ3n) is 4.11. The van der Waals surface area contributed by atoms with Gasteiger partial charge in [-0.2, -0.15) is 0 Å². The molecular weight excluding hydrogens is 374 g/mol. The summed E-state index contributed by atoms with van der Waals surface area (Å²) in [5, 5.41) is 0.746. The van der Waals surface area contributed by atoms with E-state index >= 15 is 0 Å². The third-order valence-corrected chi connectivity index (χ3v) is 5.29. The summed E-state index contributed by atoms with van der Waals surface area (Å²) in [7, 11) is 0. The molecule has 1 heterocycles. The second-order valence-electron chi connectivity index (χ2n) is 6.17. The van der Waals surface area contributed by atoms with E-state index in [0.717, 1.165) is 10.6 Å². The SMILES string of the molecule is CCOc1ccc(C(=O)[C@@H](C)OC(=O)c2sc(-c3ccccc3)nc2C)cc1. The molecule has 3 rings (SSSR count). The summed E-state index contributed by atoms with van der Waals surface area (Å²) in [5.41, 5.74) is 2.00. The highest BCUT2D eigenvalue weighted by Crippen LogP contribution is 2.28. The zero-order valence-electron chi connectivity index (χ0n) is 16.0. The molecule has 5 nitrogen and oxygen atoms in total. The van der Waals surface area contributed by atoms with Gasteiger partial charge >= 0.3 is 5.97 Å². The van der Waals surface area contributed by atoms with Crippen molar-refractivity contribution in [3.8, 4) is 16.3 Å². The maximum absolute atomic E-state index is 12.6. The number of esters is 1. The van der Waals surface area contributed by atoms with Gasteiger partial charge in [0.25, 0.3) is 0 Å². The minimum Gasteiger partial charge on any atom is -0.494 e. The fraction of sp³-hybridized carbons (Fsp3) is 0.227. The first kappa shape index (κ1) is 19.8. The summed E-state index contributed by atoms with van der Waals surface area (Å²) in [5.74, 6) is -0.108. The van der Waals surface area contributed by atoms with E-state index in [1.165, 1.54) is 11.3 Å². The van der Waals surface area contributed by atoms with Crippen LogP contribution < -0.4 is 4.74 Å². The molecule has 1 aromatic heterocycles. The predicted octanol–water partition coefficient (Wildman–Crippen LogP) is 4.95. The van der Waals surface area contributed by atoms with Gasteiger partial charge < -0.3 is 9.47 Å². The molecule has 0 aliphatic heterocycles. The van der Waals surface area contributed by atoms with Gasteiger partial charge in [0.15, 0.2) is 6.10 Å². The Morgan fingerprint density at radius 2 is 1.75 bits per heavy atom. The van der Waals surface area contributed by atoms with E-state index in [1.54, 1.807) is 38.1 Å². The van der Waals surface area contributed by atoms with Crippen LogP contribution in [0.15, 0.2) is 54.6 Å². The largest absolute Gasteiger partial charge is 0.494 e. The number of carbonyl (C=O) groups is 2. The van der Waals surface area contributed by atoms with Crippen molar-refractivity contribution in [2.75, 3.05) is 6.61 Å². The van der Waals surface area contributed by atoms with Crippen molar-refractivity contribution in [3.63, 3.8) is 0 Å². The topological polar surface area (TPSA) is 65.5 Å². The van der Waals surface area contributed by atoms with Crippen molar-refractivity contribution < 1.29 is 19.1 Å². The molecule has 2 aromatic carbocycles. The number of ether oxygens (including phenoxy) is 2. The van der Waals surface area contributed by atoms with Crippen molar-refractivity contribution in [1.82, 2.24) is 4.98 Å². The molecule has 0 bridgehead atoms. The van der Waals surface area contributed by atoms with Crippen LogP contribution in [-0.4, -0.2) is 29.4 Å². The fourth-order valence-electron chi connectivity index (χ4n) is 2.67. The van der Waals surface area contributed by atoms with E-state index in [-0.39, 0.29) is 5.78 Å². The maximum Gasteiger partial charge on any atom is 0.350 e. The number of carbonyl (C=O) groups excluding carboxylic acids is 2. The Kier molecular flexibility index (Phi) is 6.21. The van der Waals surface area contributed by atoms with E-state index < -0.39 is 12.1 Å². The number of Topliss-reactive ketones (excluding diaryl/α,β-unsaturated/α-hetero) is 1. The molecule has 0 radical (unpaired) electrons. The summed E-state index contributed by atoms with van der Waals surface area (Å²) in [6, 6.07) is 16.4. The van der Waals surface area contributed by atoms with Gasteiger partial charge in [0.05, 0.1) is 12.3 Å². The van der Waals surface area contributed by atoms with Crippen LogP contribution in [0.1, 0.15) is 39.6 Å². The van der Waals surface area contributed by atoms with Gasteiger partial charge in [0, 0.05) is 11.1 Å². The number of aryl methyl sites for hydroxylation is 1. The molecule has 0 N–H and O–H groups in total. The average Bonchev–Trinajstić information content (AvgIpc) is 3.11. The number of thiazole rings is 1. The lowest BCUT2D eigenvalue weighted by atomic mass is 10.1. The highest BCUT2D eigenvalue weighted by Gasteiger charge is 2.24. The number of nitrogens with zero attached hydrogens (tertiary/aromatic N) is 1. The van der Waals surface area contributed by atoms with Crippen LogP contribution >= 0.6 is 11.3 Å². The highest BCUT2D eigenvalue weighted by atomic mass is 32.1. The van der Waals surface area contributed by atoms with E-state index in [9.17, 15) is 9.59 Å². The first-order valence-corrected chi connectivity index (χ1v) is 9.82. The van der Waals surface area contributed by atoms with Gasteiger partial charge in [-0.25, -0.2) is 9.78 Å². The monoisotopic (exact) mass is 395 g/mol. The number of aromatic nitrogens is 1. The van der Waals surface area contributed by atoms with E-state index in [1.807, 2.05) is 37.3 Å². The molecule has 0 amide bonds. The summed E-state index contributed by atoms with van der Waals surface area (Å²) in [6.07, 6.45) is -0.896. The minimum atomic E-state index is -0.896. The Bertz CT molecular complexity index is 964. The number of ketones is 1. The standard InChI is InChI=1S/C22H21NO4S/c1-4-26-18-12-10-16(11-13-18)19(24)15(3)27-22(25)20-14(2)23-21(28-20)17-8-6-5-7-9-17/h5-13,15H,4H2,1-3H3/t15-/m1/s1. The smallest absolute Gasteiger partial charge is 0.350 e. The Balaban J connectivity index is 1.70. The number of hydrogen-bond acceptors (Lipinski definition) is 6. The second kappa shape index (κ2) is 8.80. The highest BCUT2D eigenvalue weighted by molar-refractivity contribution is 7.17. The molecule has 0 aliphatic rings. The summed E-state index contributed by atoms with van der Waals surface area (Å²) in [6.45, 7) is 5.79. The van der Waals surface area contributed by atoms with Crippen LogP contribution in [0.5, 0.6) is 5.75 Å². The number of rotatable bonds is 7. The van der Waals surface area contributed by atoms with Crippen molar-refractivity contribution in [3.05, 3.63) is 70.7 Å². The van der Waals surface area contributed by atoms with Gasteiger partial charge in [-0.1, -0.05) is 30.3 Å². The minimum absolute atomic E-state index is 0.262. The van der Waals surface area contributed by atoms with Crippen LogP contribution in [0, 0.1) is 6.92 Å². The fourth-order valence-corrected chi connectivity index (χ4v) is 3.63. The Hall–Kier alpha value is -2.99. The van der Waals surface area contributed by atoms with Crippen LogP contribution in [0.2, 0.25) is 0 Å². The molecule has 0 fully saturated rings. The van der Waals surface area contributed by atoms with Gasteiger partial charge in [0.1, 0.15) is 15.6 Å². The van der Waals surface area contributed by atoms with E-state index in [0.29, 0.717) is 28.5 Å². The number of benzene rings is 2. The Labute approximate surface area is 168 Å². The first-order valence-electron chi connectivity index (χ1n) is 9.00. The molecule has 0 saturated heterocycles. The molecule has 0 unspecified atom stereocenters.